The fourth-order valence-corrected chi connectivity index (χ4v) is 4.15. The lowest BCUT2D eigenvalue weighted by molar-refractivity contribution is 0.199. The van der Waals surface area contributed by atoms with Crippen molar-refractivity contribution in [2.24, 2.45) is 10.7 Å². The van der Waals surface area contributed by atoms with Crippen molar-refractivity contribution in [3.8, 4) is 5.75 Å². The van der Waals surface area contributed by atoms with Crippen LogP contribution in [0.25, 0.3) is 0 Å². The van der Waals surface area contributed by atoms with Crippen LogP contribution in [-0.2, 0) is 0 Å². The maximum Gasteiger partial charge on any atom is 0.317 e. The zero-order valence-corrected chi connectivity index (χ0v) is 18.8. The number of unbranched alkanes of at least 4 members (excludes halogenated alkanes) is 1. The topological polar surface area (TPSA) is 86.4 Å². The zero-order chi connectivity index (χ0) is 22.1. The van der Waals surface area contributed by atoms with E-state index in [0.717, 1.165) is 69.0 Å². The molecule has 0 radical (unpaired) electrons. The number of amides is 2. The Morgan fingerprint density at radius 1 is 1.19 bits per heavy atom. The molecule has 2 aliphatic heterocycles. The number of ether oxygens (including phenoxy) is 1. The molecule has 1 saturated heterocycles. The van der Waals surface area contributed by atoms with Gasteiger partial charge in [0.1, 0.15) is 5.75 Å². The van der Waals surface area contributed by atoms with E-state index in [1.807, 2.05) is 12.1 Å². The molecule has 0 saturated carbocycles. The van der Waals surface area contributed by atoms with Crippen molar-refractivity contribution in [3.63, 3.8) is 0 Å². The van der Waals surface area contributed by atoms with Crippen LogP contribution >= 0.6 is 0 Å². The van der Waals surface area contributed by atoms with Crippen LogP contribution < -0.4 is 20.7 Å². The van der Waals surface area contributed by atoms with E-state index in [9.17, 15) is 4.79 Å². The lowest BCUT2D eigenvalue weighted by atomic mass is 10.1. The summed E-state index contributed by atoms with van der Waals surface area (Å²) in [6.45, 7) is 7.03. The first-order valence-electron chi connectivity index (χ1n) is 11.1. The van der Waals surface area contributed by atoms with Crippen molar-refractivity contribution in [2.45, 2.75) is 19.3 Å². The third-order valence-corrected chi connectivity index (χ3v) is 5.97. The summed E-state index contributed by atoms with van der Waals surface area (Å²) in [4.78, 5) is 23.1. The standard InChI is InChI=1S/C23H36N6O2/c1-25-17-19-9-12-29(18-20(19)24)23(30)26-10-5-6-11-27-13-15-28(16-14-27)21-7-3-4-8-22(21)31-2/h3-4,7-8,17H,5-6,9-16,18,24H2,1-2H3,(H,26,30). The molecule has 0 aromatic heterocycles. The Morgan fingerprint density at radius 2 is 1.97 bits per heavy atom. The highest BCUT2D eigenvalue weighted by Gasteiger charge is 2.21. The number of hydrogen-bond acceptors (Lipinski definition) is 6. The first-order chi connectivity index (χ1) is 15.1. The Bertz CT molecular complexity index is 786. The van der Waals surface area contributed by atoms with Crippen LogP contribution in [0.2, 0.25) is 0 Å². The maximum atomic E-state index is 12.4. The predicted octanol–water partition coefficient (Wildman–Crippen LogP) is 1.93. The number of carbonyl (C=O) groups excluding carboxylic acids is 1. The van der Waals surface area contributed by atoms with Gasteiger partial charge in [0.25, 0.3) is 0 Å². The van der Waals surface area contributed by atoms with Gasteiger partial charge in [0.05, 0.1) is 19.3 Å². The molecular formula is C23H36N6O2. The van der Waals surface area contributed by atoms with Gasteiger partial charge in [-0.2, -0.15) is 0 Å². The number of piperazine rings is 1. The molecular weight excluding hydrogens is 392 g/mol. The lowest BCUT2D eigenvalue weighted by Gasteiger charge is -2.36. The number of nitrogens with one attached hydrogen (secondary N) is 1. The number of carbonyl (C=O) groups is 1. The van der Waals surface area contributed by atoms with E-state index in [1.165, 1.54) is 5.69 Å². The van der Waals surface area contributed by atoms with E-state index in [4.69, 9.17) is 10.5 Å². The molecule has 1 aromatic carbocycles. The Labute approximate surface area is 185 Å². The van der Waals surface area contributed by atoms with Crippen LogP contribution in [0.3, 0.4) is 0 Å². The second-order valence-corrected chi connectivity index (χ2v) is 8.05. The second kappa shape index (κ2) is 11.6. The number of para-hydroxylation sites is 2. The number of urea groups is 1. The number of benzene rings is 1. The van der Waals surface area contributed by atoms with Gasteiger partial charge < -0.3 is 25.6 Å². The fraction of sp³-hybridized carbons (Fsp3) is 0.565. The molecule has 0 aliphatic carbocycles. The number of methoxy groups -OCH3 is 1. The highest BCUT2D eigenvalue weighted by molar-refractivity contribution is 5.81. The van der Waals surface area contributed by atoms with Crippen LogP contribution in [0, 0.1) is 0 Å². The molecule has 0 bridgehead atoms. The van der Waals surface area contributed by atoms with Crippen molar-refractivity contribution < 1.29 is 9.53 Å². The molecule has 3 N–H and O–H groups in total. The first-order valence-corrected chi connectivity index (χ1v) is 11.1. The van der Waals surface area contributed by atoms with Gasteiger partial charge in [-0.05, 0) is 43.5 Å². The molecule has 2 heterocycles. The van der Waals surface area contributed by atoms with E-state index in [2.05, 4.69) is 32.2 Å². The van der Waals surface area contributed by atoms with Crippen LogP contribution in [0.1, 0.15) is 19.3 Å². The van der Waals surface area contributed by atoms with Crippen molar-refractivity contribution in [3.05, 3.63) is 35.5 Å². The smallest absolute Gasteiger partial charge is 0.317 e. The minimum Gasteiger partial charge on any atom is -0.495 e. The normalized spacial score (nSPS) is 18.0. The number of nitrogens with zero attached hydrogens (tertiary/aromatic N) is 4. The maximum absolute atomic E-state index is 12.4. The van der Waals surface area contributed by atoms with Crippen LogP contribution in [0.4, 0.5) is 10.5 Å². The molecule has 0 spiro atoms. The Kier molecular flexibility index (Phi) is 8.58. The van der Waals surface area contributed by atoms with E-state index >= 15 is 0 Å². The van der Waals surface area contributed by atoms with E-state index in [-0.39, 0.29) is 6.03 Å². The van der Waals surface area contributed by atoms with Gasteiger partial charge in [0.15, 0.2) is 0 Å². The largest absolute Gasteiger partial charge is 0.495 e. The first kappa shape index (κ1) is 22.9. The van der Waals surface area contributed by atoms with Gasteiger partial charge in [0.2, 0.25) is 0 Å². The summed E-state index contributed by atoms with van der Waals surface area (Å²) in [5, 5.41) is 3.03. The minimum atomic E-state index is -0.0270. The minimum absolute atomic E-state index is 0.0270. The van der Waals surface area contributed by atoms with Gasteiger partial charge in [-0.25, -0.2) is 4.79 Å². The summed E-state index contributed by atoms with van der Waals surface area (Å²) in [5.74, 6) is 0.937. The number of anilines is 1. The Hall–Kier alpha value is -2.74. The van der Waals surface area contributed by atoms with Gasteiger partial charge in [-0.15, -0.1) is 0 Å². The van der Waals surface area contributed by atoms with Gasteiger partial charge in [-0.1, -0.05) is 12.1 Å². The lowest BCUT2D eigenvalue weighted by Crippen LogP contribution is -2.47. The molecule has 0 atom stereocenters. The third kappa shape index (κ3) is 6.37. The number of aliphatic imine (C=N–C) groups is 1. The fourth-order valence-electron chi connectivity index (χ4n) is 4.15. The van der Waals surface area contributed by atoms with Crippen LogP contribution in [-0.4, -0.2) is 88.6 Å². The van der Waals surface area contributed by atoms with Crippen molar-refractivity contribution in [1.82, 2.24) is 15.1 Å². The molecule has 3 rings (SSSR count). The molecule has 170 valence electrons. The average Bonchev–Trinajstić information content (AvgIpc) is 2.80. The molecule has 31 heavy (non-hydrogen) atoms. The van der Waals surface area contributed by atoms with Crippen molar-refractivity contribution >= 4 is 17.9 Å². The molecule has 8 heteroatoms. The SMILES string of the molecule is CN=CC1=C(N)CN(C(=O)NCCCCN2CCN(c3ccccc3OC)CC2)CC1. The van der Waals surface area contributed by atoms with Gasteiger partial charge in [0, 0.05) is 58.2 Å². The molecule has 8 nitrogen and oxygen atoms in total. The monoisotopic (exact) mass is 428 g/mol. The summed E-state index contributed by atoms with van der Waals surface area (Å²) in [6, 6.07) is 8.18. The molecule has 1 aromatic rings. The summed E-state index contributed by atoms with van der Waals surface area (Å²) >= 11 is 0. The molecule has 1 fully saturated rings. The predicted molar refractivity (Wildman–Crippen MR) is 126 cm³/mol. The summed E-state index contributed by atoms with van der Waals surface area (Å²) < 4.78 is 5.49. The number of hydrogen-bond donors (Lipinski definition) is 2. The van der Waals surface area contributed by atoms with Crippen molar-refractivity contribution in [2.75, 3.05) is 71.4 Å². The summed E-state index contributed by atoms with van der Waals surface area (Å²) in [7, 11) is 3.46. The Balaban J connectivity index is 1.30. The highest BCUT2D eigenvalue weighted by Crippen LogP contribution is 2.28. The molecule has 2 amide bonds. The number of nitrogens with two attached hydrogens (primary N) is 1. The van der Waals surface area contributed by atoms with Gasteiger partial charge in [-0.3, -0.25) is 9.89 Å². The van der Waals surface area contributed by atoms with Crippen molar-refractivity contribution in [1.29, 1.82) is 0 Å². The van der Waals surface area contributed by atoms with Gasteiger partial charge >= 0.3 is 6.03 Å². The average molecular weight is 429 g/mol. The second-order valence-electron chi connectivity index (χ2n) is 8.05. The third-order valence-electron chi connectivity index (χ3n) is 5.97. The summed E-state index contributed by atoms with van der Waals surface area (Å²) in [5.41, 5.74) is 9.02. The van der Waals surface area contributed by atoms with E-state index in [0.29, 0.717) is 19.6 Å². The molecule has 0 unspecified atom stereocenters. The van der Waals surface area contributed by atoms with Crippen LogP contribution in [0.15, 0.2) is 40.5 Å². The van der Waals surface area contributed by atoms with E-state index < -0.39 is 0 Å². The van der Waals surface area contributed by atoms with Crippen LogP contribution in [0.5, 0.6) is 5.75 Å². The quantitative estimate of drug-likeness (QED) is 0.488. The highest BCUT2D eigenvalue weighted by atomic mass is 16.5. The van der Waals surface area contributed by atoms with E-state index in [1.54, 1.807) is 25.3 Å². The molecule has 2 aliphatic rings. The number of rotatable bonds is 8. The summed E-state index contributed by atoms with van der Waals surface area (Å²) in [6.07, 6.45) is 4.61. The Morgan fingerprint density at radius 3 is 2.68 bits per heavy atom. The zero-order valence-electron chi connectivity index (χ0n) is 18.8.